The third-order valence-corrected chi connectivity index (χ3v) is 2.67. The van der Waals surface area contributed by atoms with Crippen molar-refractivity contribution in [1.29, 1.82) is 5.26 Å². The third-order valence-electron chi connectivity index (χ3n) is 2.67. The summed E-state index contributed by atoms with van der Waals surface area (Å²) in [5.74, 6) is -0.280. The fourth-order valence-corrected chi connectivity index (χ4v) is 1.60. The van der Waals surface area contributed by atoms with Crippen LogP contribution in [0.25, 0.3) is 0 Å². The lowest BCUT2D eigenvalue weighted by molar-refractivity contribution is 0.0946. The molecule has 0 aliphatic heterocycles. The Balaban J connectivity index is 2.01. The molecule has 1 heterocycles. The predicted octanol–water partition coefficient (Wildman–Crippen LogP) is 2.19. The molecule has 0 unspecified atom stereocenters. The van der Waals surface area contributed by atoms with E-state index < -0.39 is 0 Å². The van der Waals surface area contributed by atoms with Gasteiger partial charge in [-0.1, -0.05) is 35.9 Å². The van der Waals surface area contributed by atoms with Gasteiger partial charge < -0.3 is 5.32 Å². The first-order valence-corrected chi connectivity index (χ1v) is 5.90. The van der Waals surface area contributed by atoms with Crippen molar-refractivity contribution in [2.24, 2.45) is 0 Å². The number of benzene rings is 1. The van der Waals surface area contributed by atoms with E-state index in [0.717, 1.165) is 5.56 Å². The van der Waals surface area contributed by atoms with Gasteiger partial charge in [0.05, 0.1) is 0 Å². The van der Waals surface area contributed by atoms with Crippen LogP contribution in [-0.4, -0.2) is 10.9 Å². The number of amides is 1. The van der Waals surface area contributed by atoms with Gasteiger partial charge in [0.2, 0.25) is 0 Å². The van der Waals surface area contributed by atoms with Crippen LogP contribution in [0.3, 0.4) is 0 Å². The molecule has 0 spiro atoms. The summed E-state index contributed by atoms with van der Waals surface area (Å²) in [6, 6.07) is 14.6. The molecule has 2 aromatic rings. The molecule has 0 atom stereocenters. The molecule has 0 saturated heterocycles. The van der Waals surface area contributed by atoms with E-state index in [9.17, 15) is 4.79 Å². The lowest BCUT2D eigenvalue weighted by Crippen LogP contribution is -2.23. The largest absolute Gasteiger partial charge is 0.347 e. The van der Waals surface area contributed by atoms with Crippen molar-refractivity contribution >= 4 is 5.91 Å². The van der Waals surface area contributed by atoms with Crippen molar-refractivity contribution in [1.82, 2.24) is 10.3 Å². The molecule has 0 aliphatic rings. The highest BCUT2D eigenvalue weighted by molar-refractivity contribution is 5.92. The van der Waals surface area contributed by atoms with Crippen LogP contribution in [0.4, 0.5) is 0 Å². The number of nitriles is 1. The highest BCUT2D eigenvalue weighted by atomic mass is 16.1. The van der Waals surface area contributed by atoms with E-state index in [1.807, 2.05) is 37.3 Å². The average Bonchev–Trinajstić information content (AvgIpc) is 2.46. The van der Waals surface area contributed by atoms with Crippen LogP contribution in [0.2, 0.25) is 0 Å². The molecule has 2 rings (SSSR count). The van der Waals surface area contributed by atoms with E-state index in [-0.39, 0.29) is 17.3 Å². The molecule has 1 aromatic carbocycles. The molecule has 4 heteroatoms. The van der Waals surface area contributed by atoms with Crippen molar-refractivity contribution in [2.75, 3.05) is 0 Å². The Morgan fingerprint density at radius 2 is 2.00 bits per heavy atom. The normalized spacial score (nSPS) is 9.68. The van der Waals surface area contributed by atoms with Gasteiger partial charge >= 0.3 is 0 Å². The van der Waals surface area contributed by atoms with Gasteiger partial charge in [-0.15, -0.1) is 0 Å². The lowest BCUT2D eigenvalue weighted by Gasteiger charge is -2.05. The Morgan fingerprint density at radius 3 is 2.68 bits per heavy atom. The van der Waals surface area contributed by atoms with Crippen molar-refractivity contribution in [3.05, 3.63) is 65.0 Å². The maximum Gasteiger partial charge on any atom is 0.270 e. The zero-order valence-corrected chi connectivity index (χ0v) is 10.6. The minimum atomic E-state index is -0.280. The maximum atomic E-state index is 11.9. The topological polar surface area (TPSA) is 65.8 Å². The highest BCUT2D eigenvalue weighted by Crippen LogP contribution is 2.03. The standard InChI is InChI=1S/C15H13N3O/c1-11-5-7-12(8-6-11)10-17-15(19)14-4-2-3-13(9-16)18-14/h2-8H,10H2,1H3,(H,17,19). The van der Waals surface area contributed by atoms with Gasteiger partial charge in [0.15, 0.2) is 0 Å². The van der Waals surface area contributed by atoms with Crippen molar-refractivity contribution in [3.8, 4) is 6.07 Å². The minimum Gasteiger partial charge on any atom is -0.347 e. The van der Waals surface area contributed by atoms with E-state index in [0.29, 0.717) is 6.54 Å². The maximum absolute atomic E-state index is 11.9. The quantitative estimate of drug-likeness (QED) is 0.909. The Labute approximate surface area is 111 Å². The summed E-state index contributed by atoms with van der Waals surface area (Å²) in [5.41, 5.74) is 2.70. The van der Waals surface area contributed by atoms with Crippen molar-refractivity contribution < 1.29 is 4.79 Å². The minimum absolute atomic E-state index is 0.239. The van der Waals surface area contributed by atoms with Gasteiger partial charge in [0, 0.05) is 6.54 Å². The van der Waals surface area contributed by atoms with Crippen LogP contribution < -0.4 is 5.32 Å². The highest BCUT2D eigenvalue weighted by Gasteiger charge is 2.07. The van der Waals surface area contributed by atoms with Crippen LogP contribution in [0.1, 0.15) is 27.3 Å². The Kier molecular flexibility index (Phi) is 3.89. The van der Waals surface area contributed by atoms with Crippen LogP contribution >= 0.6 is 0 Å². The molecule has 0 bridgehead atoms. The van der Waals surface area contributed by atoms with E-state index in [4.69, 9.17) is 5.26 Å². The lowest BCUT2D eigenvalue weighted by atomic mass is 10.1. The van der Waals surface area contributed by atoms with Gasteiger partial charge in [0.1, 0.15) is 17.5 Å². The predicted molar refractivity (Wildman–Crippen MR) is 71.3 cm³/mol. The fourth-order valence-electron chi connectivity index (χ4n) is 1.60. The van der Waals surface area contributed by atoms with Gasteiger partial charge in [-0.05, 0) is 24.6 Å². The first-order chi connectivity index (χ1) is 9.19. The van der Waals surface area contributed by atoms with Gasteiger partial charge in [-0.3, -0.25) is 4.79 Å². The molecular weight excluding hydrogens is 238 g/mol. The zero-order chi connectivity index (χ0) is 13.7. The Bertz CT molecular complexity index is 627. The molecule has 0 fully saturated rings. The summed E-state index contributed by atoms with van der Waals surface area (Å²) in [5, 5.41) is 11.5. The zero-order valence-electron chi connectivity index (χ0n) is 10.6. The molecule has 0 saturated carbocycles. The third kappa shape index (κ3) is 3.39. The Morgan fingerprint density at radius 1 is 1.26 bits per heavy atom. The number of carbonyl (C=O) groups is 1. The average molecular weight is 251 g/mol. The number of nitrogens with one attached hydrogen (secondary N) is 1. The second-order valence-electron chi connectivity index (χ2n) is 4.19. The van der Waals surface area contributed by atoms with Crippen LogP contribution in [0.15, 0.2) is 42.5 Å². The number of nitrogens with zero attached hydrogens (tertiary/aromatic N) is 2. The first kappa shape index (κ1) is 12.8. The number of pyridine rings is 1. The van der Waals surface area contributed by atoms with Crippen molar-refractivity contribution in [3.63, 3.8) is 0 Å². The fraction of sp³-hybridized carbons (Fsp3) is 0.133. The van der Waals surface area contributed by atoms with Crippen molar-refractivity contribution in [2.45, 2.75) is 13.5 Å². The molecule has 1 aromatic heterocycles. The van der Waals surface area contributed by atoms with Gasteiger partial charge in [-0.25, -0.2) is 4.98 Å². The van der Waals surface area contributed by atoms with E-state index in [1.165, 1.54) is 5.56 Å². The molecule has 0 radical (unpaired) electrons. The van der Waals surface area contributed by atoms with E-state index in [2.05, 4.69) is 10.3 Å². The molecular formula is C15H13N3O. The summed E-state index contributed by atoms with van der Waals surface area (Å²) in [4.78, 5) is 15.8. The molecule has 19 heavy (non-hydrogen) atoms. The summed E-state index contributed by atoms with van der Waals surface area (Å²) in [6.07, 6.45) is 0. The van der Waals surface area contributed by atoms with Crippen LogP contribution in [0, 0.1) is 18.3 Å². The number of aryl methyl sites for hydroxylation is 1. The van der Waals surface area contributed by atoms with Gasteiger partial charge in [0.25, 0.3) is 5.91 Å². The Hall–Kier alpha value is -2.67. The second kappa shape index (κ2) is 5.78. The smallest absolute Gasteiger partial charge is 0.270 e. The number of rotatable bonds is 3. The number of carbonyl (C=O) groups excluding carboxylic acids is 1. The van der Waals surface area contributed by atoms with Crippen LogP contribution in [-0.2, 0) is 6.54 Å². The van der Waals surface area contributed by atoms with Crippen LogP contribution in [0.5, 0.6) is 0 Å². The molecule has 1 amide bonds. The summed E-state index contributed by atoms with van der Waals surface area (Å²) >= 11 is 0. The molecule has 1 N–H and O–H groups in total. The summed E-state index contributed by atoms with van der Waals surface area (Å²) < 4.78 is 0. The number of aromatic nitrogens is 1. The van der Waals surface area contributed by atoms with Gasteiger partial charge in [-0.2, -0.15) is 5.26 Å². The van der Waals surface area contributed by atoms with E-state index in [1.54, 1.807) is 18.2 Å². The summed E-state index contributed by atoms with van der Waals surface area (Å²) in [7, 11) is 0. The number of hydrogen-bond donors (Lipinski definition) is 1. The monoisotopic (exact) mass is 251 g/mol. The van der Waals surface area contributed by atoms with E-state index >= 15 is 0 Å². The first-order valence-electron chi connectivity index (χ1n) is 5.90. The molecule has 4 nitrogen and oxygen atoms in total. The molecule has 0 aliphatic carbocycles. The summed E-state index contributed by atoms with van der Waals surface area (Å²) in [6.45, 7) is 2.46. The SMILES string of the molecule is Cc1ccc(CNC(=O)c2cccc(C#N)n2)cc1. The molecule has 94 valence electrons. The number of hydrogen-bond acceptors (Lipinski definition) is 3. The second-order valence-corrected chi connectivity index (χ2v) is 4.19.